The summed E-state index contributed by atoms with van der Waals surface area (Å²) in [7, 11) is 0. The van der Waals surface area contributed by atoms with Gasteiger partial charge in [0, 0.05) is 24.3 Å². The average Bonchev–Trinajstić information content (AvgIpc) is 2.40. The zero-order valence-corrected chi connectivity index (χ0v) is 11.7. The third-order valence-corrected chi connectivity index (χ3v) is 2.82. The van der Waals surface area contributed by atoms with Gasteiger partial charge in [-0.1, -0.05) is 26.0 Å². The molecule has 2 atom stereocenters. The van der Waals surface area contributed by atoms with Crippen LogP contribution in [0.3, 0.4) is 0 Å². The number of nitrogens with zero attached hydrogens (tertiary/aromatic N) is 1. The van der Waals surface area contributed by atoms with Gasteiger partial charge < -0.3 is 9.64 Å². The summed E-state index contributed by atoms with van der Waals surface area (Å²) < 4.78 is 5.68. The van der Waals surface area contributed by atoms with Crippen molar-refractivity contribution in [2.24, 2.45) is 0 Å². The Hall–Kier alpha value is -1.35. The van der Waals surface area contributed by atoms with E-state index in [9.17, 15) is 4.79 Å². The first-order valence-corrected chi connectivity index (χ1v) is 6.65. The molecule has 0 radical (unpaired) electrons. The van der Waals surface area contributed by atoms with E-state index in [0.717, 1.165) is 30.6 Å². The molecule has 3 nitrogen and oxygen atoms in total. The molecule has 0 N–H and O–H groups in total. The topological polar surface area (TPSA) is 29.5 Å². The van der Waals surface area contributed by atoms with Crippen molar-refractivity contribution in [3.05, 3.63) is 29.8 Å². The van der Waals surface area contributed by atoms with Crippen molar-refractivity contribution in [2.45, 2.75) is 39.9 Å². The molecule has 1 heterocycles. The summed E-state index contributed by atoms with van der Waals surface area (Å²) in [4.78, 5) is 13.2. The van der Waals surface area contributed by atoms with Crippen molar-refractivity contribution >= 4 is 12.0 Å². The van der Waals surface area contributed by atoms with E-state index in [1.54, 1.807) is 0 Å². The Kier molecular flexibility index (Phi) is 5.86. The molecule has 0 unspecified atom stereocenters. The van der Waals surface area contributed by atoms with Gasteiger partial charge in [0.15, 0.2) is 6.29 Å². The van der Waals surface area contributed by atoms with Crippen LogP contribution in [0.1, 0.15) is 38.1 Å². The van der Waals surface area contributed by atoms with Crippen molar-refractivity contribution in [1.82, 2.24) is 0 Å². The zero-order valence-electron chi connectivity index (χ0n) is 11.7. The fourth-order valence-electron chi connectivity index (χ4n) is 2.25. The second-order valence-corrected chi connectivity index (χ2v) is 4.34. The monoisotopic (exact) mass is 249 g/mol. The molecule has 3 heteroatoms. The second-order valence-electron chi connectivity index (χ2n) is 4.34. The van der Waals surface area contributed by atoms with Crippen molar-refractivity contribution in [3.63, 3.8) is 0 Å². The van der Waals surface area contributed by atoms with Gasteiger partial charge in [0.05, 0.1) is 12.2 Å². The molecule has 1 saturated heterocycles. The molecular weight excluding hydrogens is 226 g/mol. The normalized spacial score (nSPS) is 23.0. The number of ether oxygens (including phenoxy) is 1. The Bertz CT molecular complexity index is 369. The number of carbonyl (C=O) groups is 1. The number of para-hydroxylation sites is 1. The van der Waals surface area contributed by atoms with Gasteiger partial charge in [-0.25, -0.2) is 0 Å². The number of carbonyl (C=O) groups excluding carboxylic acids is 1. The quantitative estimate of drug-likeness (QED) is 0.754. The number of aldehydes is 1. The van der Waals surface area contributed by atoms with Gasteiger partial charge in [-0.15, -0.1) is 0 Å². The lowest BCUT2D eigenvalue weighted by Gasteiger charge is -2.37. The summed E-state index contributed by atoms with van der Waals surface area (Å²) in [5.74, 6) is 0. The van der Waals surface area contributed by atoms with Gasteiger partial charge in [0.25, 0.3) is 0 Å². The fraction of sp³-hybridized carbons (Fsp3) is 0.533. The van der Waals surface area contributed by atoms with Crippen LogP contribution in [-0.2, 0) is 4.74 Å². The molecule has 0 bridgehead atoms. The number of rotatable bonds is 2. The summed E-state index contributed by atoms with van der Waals surface area (Å²) in [6, 6.07) is 7.70. The van der Waals surface area contributed by atoms with Crippen LogP contribution in [0.25, 0.3) is 0 Å². The molecular formula is C15H23NO2. The van der Waals surface area contributed by atoms with Crippen LogP contribution >= 0.6 is 0 Å². The molecule has 0 amide bonds. The van der Waals surface area contributed by atoms with E-state index >= 15 is 0 Å². The van der Waals surface area contributed by atoms with E-state index in [1.165, 1.54) is 0 Å². The van der Waals surface area contributed by atoms with Crippen molar-refractivity contribution in [3.8, 4) is 0 Å². The molecule has 0 saturated carbocycles. The third kappa shape index (κ3) is 3.57. The molecule has 1 aliphatic rings. The lowest BCUT2D eigenvalue weighted by Crippen LogP contribution is -2.45. The van der Waals surface area contributed by atoms with Crippen LogP contribution in [-0.4, -0.2) is 31.6 Å². The highest BCUT2D eigenvalue weighted by Crippen LogP contribution is 2.23. The Morgan fingerprint density at radius 3 is 2.28 bits per heavy atom. The second kappa shape index (κ2) is 7.17. The molecule has 0 aromatic heterocycles. The summed E-state index contributed by atoms with van der Waals surface area (Å²) in [5, 5.41) is 0. The standard InChI is InChI=1S/C13H17NO2.C2H6/c1-10-7-14(8-11(2)16-10)13-6-4-3-5-12(13)9-15;1-2/h3-6,9-11H,7-8H2,1-2H3;1-2H3/t10-,11+;. The maximum atomic E-state index is 11.0. The molecule has 1 aliphatic heterocycles. The highest BCUT2D eigenvalue weighted by molar-refractivity contribution is 5.84. The zero-order chi connectivity index (χ0) is 13.5. The summed E-state index contributed by atoms with van der Waals surface area (Å²) in [6.07, 6.45) is 1.34. The maximum absolute atomic E-state index is 11.0. The predicted octanol–water partition coefficient (Wildman–Crippen LogP) is 3.14. The van der Waals surface area contributed by atoms with Crippen molar-refractivity contribution in [1.29, 1.82) is 0 Å². The van der Waals surface area contributed by atoms with Crippen LogP contribution in [0.5, 0.6) is 0 Å². The molecule has 18 heavy (non-hydrogen) atoms. The number of hydrogen-bond acceptors (Lipinski definition) is 3. The van der Waals surface area contributed by atoms with Crippen LogP contribution in [0.2, 0.25) is 0 Å². The van der Waals surface area contributed by atoms with Crippen LogP contribution in [0.4, 0.5) is 5.69 Å². The van der Waals surface area contributed by atoms with E-state index in [-0.39, 0.29) is 12.2 Å². The Morgan fingerprint density at radius 2 is 1.72 bits per heavy atom. The number of hydrogen-bond donors (Lipinski definition) is 0. The maximum Gasteiger partial charge on any atom is 0.152 e. The highest BCUT2D eigenvalue weighted by atomic mass is 16.5. The first-order valence-electron chi connectivity index (χ1n) is 6.65. The van der Waals surface area contributed by atoms with Gasteiger partial charge in [0.1, 0.15) is 0 Å². The first-order chi connectivity index (χ1) is 8.70. The van der Waals surface area contributed by atoms with E-state index in [0.29, 0.717) is 0 Å². The van der Waals surface area contributed by atoms with Gasteiger partial charge in [0.2, 0.25) is 0 Å². The third-order valence-electron chi connectivity index (χ3n) is 2.82. The Morgan fingerprint density at radius 1 is 1.17 bits per heavy atom. The van der Waals surface area contributed by atoms with Crippen molar-refractivity contribution in [2.75, 3.05) is 18.0 Å². The minimum Gasteiger partial charge on any atom is -0.372 e. The van der Waals surface area contributed by atoms with Gasteiger partial charge in [-0.3, -0.25) is 4.79 Å². The first kappa shape index (κ1) is 14.7. The molecule has 1 fully saturated rings. The summed E-state index contributed by atoms with van der Waals surface area (Å²) >= 11 is 0. The summed E-state index contributed by atoms with van der Waals surface area (Å²) in [5.41, 5.74) is 1.77. The molecule has 0 aliphatic carbocycles. The highest BCUT2D eigenvalue weighted by Gasteiger charge is 2.23. The number of anilines is 1. The van der Waals surface area contributed by atoms with E-state index in [4.69, 9.17) is 4.74 Å². The Balaban J connectivity index is 0.000000771. The smallest absolute Gasteiger partial charge is 0.152 e. The van der Waals surface area contributed by atoms with E-state index in [1.807, 2.05) is 38.1 Å². The van der Waals surface area contributed by atoms with Gasteiger partial charge >= 0.3 is 0 Å². The fourth-order valence-corrected chi connectivity index (χ4v) is 2.25. The van der Waals surface area contributed by atoms with Crippen LogP contribution < -0.4 is 4.90 Å². The van der Waals surface area contributed by atoms with E-state index in [2.05, 4.69) is 18.7 Å². The molecule has 2 rings (SSSR count). The van der Waals surface area contributed by atoms with Crippen molar-refractivity contribution < 1.29 is 9.53 Å². The Labute approximate surface area is 110 Å². The van der Waals surface area contributed by atoms with Crippen LogP contribution in [0.15, 0.2) is 24.3 Å². The number of morpholine rings is 1. The largest absolute Gasteiger partial charge is 0.372 e. The lowest BCUT2D eigenvalue weighted by molar-refractivity contribution is -0.00525. The minimum atomic E-state index is 0.212. The van der Waals surface area contributed by atoms with Crippen LogP contribution in [0, 0.1) is 0 Å². The molecule has 0 spiro atoms. The minimum absolute atomic E-state index is 0.212. The predicted molar refractivity (Wildman–Crippen MR) is 75.4 cm³/mol. The SMILES string of the molecule is CC.C[C@@H]1CN(c2ccccc2C=O)C[C@H](C)O1. The summed E-state index contributed by atoms with van der Waals surface area (Å²) in [6.45, 7) is 9.81. The molecule has 1 aromatic carbocycles. The lowest BCUT2D eigenvalue weighted by atomic mass is 10.1. The molecule has 1 aromatic rings. The molecule has 100 valence electrons. The number of benzene rings is 1. The van der Waals surface area contributed by atoms with Gasteiger partial charge in [-0.05, 0) is 26.0 Å². The average molecular weight is 249 g/mol. The van der Waals surface area contributed by atoms with Gasteiger partial charge in [-0.2, -0.15) is 0 Å². The van der Waals surface area contributed by atoms with E-state index < -0.39 is 0 Å².